The van der Waals surface area contributed by atoms with E-state index in [1.54, 1.807) is 11.9 Å². The highest BCUT2D eigenvalue weighted by Gasteiger charge is 2.46. The lowest BCUT2D eigenvalue weighted by atomic mass is 9.96. The predicted octanol–water partition coefficient (Wildman–Crippen LogP) is 1.14. The molecule has 1 heterocycles. The lowest BCUT2D eigenvalue weighted by Crippen LogP contribution is -2.35. The Bertz CT molecular complexity index is 221. The highest BCUT2D eigenvalue weighted by Crippen LogP contribution is 2.34. The van der Waals surface area contributed by atoms with E-state index in [-0.39, 0.29) is 12.8 Å². The van der Waals surface area contributed by atoms with Gasteiger partial charge >= 0.3 is 5.97 Å². The second kappa shape index (κ2) is 4.21. The smallest absolute Gasteiger partial charge is 0.314 e. The Labute approximate surface area is 82.0 Å². The van der Waals surface area contributed by atoms with Gasteiger partial charge in [0.2, 0.25) is 0 Å². The van der Waals surface area contributed by atoms with E-state index in [1.165, 1.54) is 0 Å². The van der Waals surface area contributed by atoms with Gasteiger partial charge in [-0.3, -0.25) is 4.79 Å². The van der Waals surface area contributed by atoms with Crippen molar-refractivity contribution in [2.24, 2.45) is 5.92 Å². The van der Waals surface area contributed by atoms with Gasteiger partial charge in [-0.1, -0.05) is 0 Å². The molecule has 14 heavy (non-hydrogen) atoms. The zero-order valence-electron chi connectivity index (χ0n) is 8.43. The molecule has 0 bridgehead atoms. The number of methoxy groups -OCH3 is 1. The molecule has 5 heteroatoms. The van der Waals surface area contributed by atoms with E-state index in [0.717, 1.165) is 7.11 Å². The van der Waals surface area contributed by atoms with Crippen LogP contribution in [0, 0.1) is 5.92 Å². The molecule has 0 aliphatic carbocycles. The Hall–Kier alpha value is -0.710. The maximum absolute atomic E-state index is 13.4. The van der Waals surface area contributed by atoms with Crippen molar-refractivity contribution in [3.8, 4) is 0 Å². The Morgan fingerprint density at radius 1 is 1.50 bits per heavy atom. The van der Waals surface area contributed by atoms with E-state index >= 15 is 0 Å². The molecule has 0 radical (unpaired) electrons. The third-order valence-electron chi connectivity index (χ3n) is 2.62. The number of nitrogens with zero attached hydrogens (tertiary/aromatic N) is 1. The number of rotatable bonds is 1. The average Bonchev–Trinajstić information content (AvgIpc) is 2.26. The van der Waals surface area contributed by atoms with Gasteiger partial charge in [0.15, 0.2) is 0 Å². The van der Waals surface area contributed by atoms with E-state index in [4.69, 9.17) is 0 Å². The van der Waals surface area contributed by atoms with Crippen LogP contribution in [0.4, 0.5) is 8.78 Å². The van der Waals surface area contributed by atoms with Crippen molar-refractivity contribution in [1.29, 1.82) is 0 Å². The number of alkyl halides is 2. The van der Waals surface area contributed by atoms with Crippen molar-refractivity contribution < 1.29 is 18.3 Å². The minimum absolute atomic E-state index is 0.163. The van der Waals surface area contributed by atoms with Gasteiger partial charge in [0.25, 0.3) is 5.92 Å². The molecule has 1 aliphatic rings. The summed E-state index contributed by atoms with van der Waals surface area (Å²) < 4.78 is 31.2. The molecule has 0 saturated carbocycles. The number of ether oxygens (including phenoxy) is 1. The molecule has 1 saturated heterocycles. The number of likely N-dealkylation sites (tertiary alicyclic amines) is 1. The van der Waals surface area contributed by atoms with Crippen molar-refractivity contribution in [3.63, 3.8) is 0 Å². The Morgan fingerprint density at radius 3 is 2.71 bits per heavy atom. The van der Waals surface area contributed by atoms with E-state index in [0.29, 0.717) is 13.1 Å². The van der Waals surface area contributed by atoms with Crippen LogP contribution in [0.25, 0.3) is 0 Å². The summed E-state index contributed by atoms with van der Waals surface area (Å²) in [5, 5.41) is 0. The molecule has 1 aliphatic heterocycles. The van der Waals surface area contributed by atoms with Crippen LogP contribution in [-0.2, 0) is 9.53 Å². The Balaban J connectivity index is 2.74. The lowest BCUT2D eigenvalue weighted by molar-refractivity contribution is -0.160. The molecule has 0 aromatic carbocycles. The SMILES string of the molecule is COC(=O)C1CCN(C)CCC1(F)F. The first-order chi connectivity index (χ1) is 6.47. The third-order valence-corrected chi connectivity index (χ3v) is 2.62. The topological polar surface area (TPSA) is 29.5 Å². The first-order valence-electron chi connectivity index (χ1n) is 4.61. The van der Waals surface area contributed by atoms with Crippen LogP contribution >= 0.6 is 0 Å². The lowest BCUT2D eigenvalue weighted by Gasteiger charge is -2.21. The van der Waals surface area contributed by atoms with Crippen molar-refractivity contribution >= 4 is 5.97 Å². The van der Waals surface area contributed by atoms with Gasteiger partial charge in [-0.2, -0.15) is 0 Å². The maximum Gasteiger partial charge on any atom is 0.314 e. The van der Waals surface area contributed by atoms with Crippen molar-refractivity contribution in [1.82, 2.24) is 4.90 Å². The Kier molecular flexibility index (Phi) is 3.42. The highest BCUT2D eigenvalue weighted by molar-refractivity contribution is 5.73. The van der Waals surface area contributed by atoms with Crippen LogP contribution in [0.3, 0.4) is 0 Å². The number of carbonyl (C=O) groups excluding carboxylic acids is 1. The minimum Gasteiger partial charge on any atom is -0.469 e. The summed E-state index contributed by atoms with van der Waals surface area (Å²) in [6.45, 7) is 0.829. The molecule has 1 fully saturated rings. The minimum atomic E-state index is -2.93. The first kappa shape index (κ1) is 11.4. The molecule has 0 amide bonds. The summed E-state index contributed by atoms with van der Waals surface area (Å²) in [7, 11) is 2.92. The average molecular weight is 207 g/mol. The first-order valence-corrected chi connectivity index (χ1v) is 4.61. The largest absolute Gasteiger partial charge is 0.469 e. The molecule has 0 N–H and O–H groups in total. The fraction of sp³-hybridized carbons (Fsp3) is 0.889. The molecule has 82 valence electrons. The summed E-state index contributed by atoms with van der Waals surface area (Å²) in [5.41, 5.74) is 0. The van der Waals surface area contributed by atoms with E-state index in [9.17, 15) is 13.6 Å². The summed E-state index contributed by atoms with van der Waals surface area (Å²) >= 11 is 0. The molecule has 1 atom stereocenters. The second-order valence-corrected chi connectivity index (χ2v) is 3.68. The normalized spacial score (nSPS) is 28.1. The predicted molar refractivity (Wildman–Crippen MR) is 47.2 cm³/mol. The number of carbonyl (C=O) groups is 1. The molecule has 0 spiro atoms. The van der Waals surface area contributed by atoms with E-state index < -0.39 is 17.8 Å². The fourth-order valence-electron chi connectivity index (χ4n) is 1.62. The van der Waals surface area contributed by atoms with Gasteiger partial charge in [-0.25, -0.2) is 8.78 Å². The summed E-state index contributed by atoms with van der Waals surface area (Å²) in [6.07, 6.45) is -0.112. The van der Waals surface area contributed by atoms with Gasteiger partial charge in [0, 0.05) is 13.0 Å². The van der Waals surface area contributed by atoms with Crippen LogP contribution in [-0.4, -0.2) is 44.0 Å². The molecular formula is C9H15F2NO2. The van der Waals surface area contributed by atoms with Gasteiger partial charge in [-0.15, -0.1) is 0 Å². The number of halogens is 2. The third kappa shape index (κ3) is 2.41. The quantitative estimate of drug-likeness (QED) is 0.604. The summed E-state index contributed by atoms with van der Waals surface area (Å²) in [4.78, 5) is 12.9. The fourth-order valence-corrected chi connectivity index (χ4v) is 1.62. The number of hydrogen-bond acceptors (Lipinski definition) is 3. The van der Waals surface area contributed by atoms with Crippen LogP contribution in [0.5, 0.6) is 0 Å². The summed E-state index contributed by atoms with van der Waals surface area (Å²) in [5.74, 6) is -5.01. The molecular weight excluding hydrogens is 192 g/mol. The highest BCUT2D eigenvalue weighted by atomic mass is 19.3. The van der Waals surface area contributed by atoms with Crippen LogP contribution in [0.2, 0.25) is 0 Å². The van der Waals surface area contributed by atoms with Crippen LogP contribution in [0.1, 0.15) is 12.8 Å². The van der Waals surface area contributed by atoms with E-state index in [2.05, 4.69) is 4.74 Å². The number of esters is 1. The van der Waals surface area contributed by atoms with Crippen LogP contribution in [0.15, 0.2) is 0 Å². The standard InChI is InChI=1S/C9H15F2NO2/c1-12-5-3-7(8(13)14-2)9(10,11)4-6-12/h7H,3-6H2,1-2H3. The second-order valence-electron chi connectivity index (χ2n) is 3.68. The van der Waals surface area contributed by atoms with Gasteiger partial charge < -0.3 is 9.64 Å². The monoisotopic (exact) mass is 207 g/mol. The molecule has 3 nitrogen and oxygen atoms in total. The van der Waals surface area contributed by atoms with Crippen molar-refractivity contribution in [2.45, 2.75) is 18.8 Å². The van der Waals surface area contributed by atoms with Crippen molar-refractivity contribution in [3.05, 3.63) is 0 Å². The zero-order valence-corrected chi connectivity index (χ0v) is 8.43. The van der Waals surface area contributed by atoms with E-state index in [1.807, 2.05) is 0 Å². The molecule has 1 unspecified atom stereocenters. The van der Waals surface area contributed by atoms with Gasteiger partial charge in [0.05, 0.1) is 7.11 Å². The van der Waals surface area contributed by atoms with Gasteiger partial charge in [0.1, 0.15) is 5.92 Å². The van der Waals surface area contributed by atoms with Gasteiger partial charge in [-0.05, 0) is 20.0 Å². The number of hydrogen-bond donors (Lipinski definition) is 0. The molecule has 0 aromatic rings. The van der Waals surface area contributed by atoms with Crippen LogP contribution < -0.4 is 0 Å². The molecule has 0 aromatic heterocycles. The van der Waals surface area contributed by atoms with Crippen molar-refractivity contribution in [2.75, 3.05) is 27.2 Å². The molecule has 1 rings (SSSR count). The zero-order chi connectivity index (χ0) is 10.8. The maximum atomic E-state index is 13.4. The summed E-state index contributed by atoms with van der Waals surface area (Å²) in [6, 6.07) is 0. The Morgan fingerprint density at radius 2 is 2.14 bits per heavy atom.